The second kappa shape index (κ2) is 9.01. The highest BCUT2D eigenvalue weighted by molar-refractivity contribution is 8.10. The van der Waals surface area contributed by atoms with Crippen LogP contribution in [-0.4, -0.2) is 29.7 Å². The first-order valence-corrected chi connectivity index (χ1v) is 9.73. The van der Waals surface area contributed by atoms with E-state index in [2.05, 4.69) is 17.6 Å². The van der Waals surface area contributed by atoms with Crippen molar-refractivity contribution < 1.29 is 14.4 Å². The maximum atomic E-state index is 11.2. The van der Waals surface area contributed by atoms with Gasteiger partial charge in [0, 0.05) is 35.6 Å². The highest BCUT2D eigenvalue weighted by Gasteiger charge is 2.16. The number of nitro benzene ring substituents is 1. The van der Waals surface area contributed by atoms with Gasteiger partial charge in [-0.3, -0.25) is 10.1 Å². The van der Waals surface area contributed by atoms with E-state index in [9.17, 15) is 10.1 Å². The van der Waals surface area contributed by atoms with E-state index < -0.39 is 4.92 Å². The summed E-state index contributed by atoms with van der Waals surface area (Å²) in [4.78, 5) is 16.6. The molecular weight excluding hydrogens is 364 g/mol. The topological polar surface area (TPSA) is 74.5 Å². The lowest BCUT2D eigenvalue weighted by Gasteiger charge is -2.17. The molecule has 1 aliphatic heterocycles. The number of benzene rings is 1. The molecule has 0 radical (unpaired) electrons. The number of nitro groups is 1. The predicted molar refractivity (Wildman–Crippen MR) is 109 cm³/mol. The van der Waals surface area contributed by atoms with Crippen LogP contribution in [0.5, 0.6) is 5.75 Å². The minimum atomic E-state index is -0.409. The van der Waals surface area contributed by atoms with Crippen molar-refractivity contribution in [3.63, 3.8) is 0 Å². The van der Waals surface area contributed by atoms with Crippen LogP contribution < -0.4 is 4.74 Å². The number of hydrogen-bond acceptors (Lipinski definition) is 6. The zero-order valence-corrected chi connectivity index (χ0v) is 16.2. The molecule has 6 nitrogen and oxygen atoms in total. The lowest BCUT2D eigenvalue weighted by molar-refractivity contribution is -0.384. The number of hydrogen-bond donors (Lipinski definition) is 0. The smallest absolute Gasteiger partial charge is 0.270 e. The summed E-state index contributed by atoms with van der Waals surface area (Å²) in [6.07, 6.45) is 7.34. The van der Waals surface area contributed by atoms with E-state index in [1.165, 1.54) is 12.1 Å². The van der Waals surface area contributed by atoms with Crippen LogP contribution in [0.4, 0.5) is 5.69 Å². The summed E-state index contributed by atoms with van der Waals surface area (Å²) in [5.41, 5.74) is 1.50. The maximum Gasteiger partial charge on any atom is 0.270 e. The highest BCUT2D eigenvalue weighted by Crippen LogP contribution is 2.36. The number of ether oxygens (including phenoxy) is 2. The molecule has 1 aromatic heterocycles. The van der Waals surface area contributed by atoms with Crippen molar-refractivity contribution in [2.45, 2.75) is 32.3 Å². The summed E-state index contributed by atoms with van der Waals surface area (Å²) >= 11 is 1.63. The van der Waals surface area contributed by atoms with Crippen LogP contribution in [0.1, 0.15) is 31.9 Å². The quantitative estimate of drug-likeness (QED) is 0.493. The molecule has 0 fully saturated rings. The second-order valence-electron chi connectivity index (χ2n) is 6.34. The Morgan fingerprint density at radius 2 is 2.19 bits per heavy atom. The molecule has 7 heteroatoms. The van der Waals surface area contributed by atoms with Gasteiger partial charge in [0.15, 0.2) is 0 Å². The minimum absolute atomic E-state index is 0.0174. The average Bonchev–Trinajstić information content (AvgIpc) is 2.61. The largest absolute Gasteiger partial charge is 0.488 e. The van der Waals surface area contributed by atoms with Crippen molar-refractivity contribution in [3.8, 4) is 5.75 Å². The number of rotatable bonds is 6. The summed E-state index contributed by atoms with van der Waals surface area (Å²) in [7, 11) is 1.61. The summed E-state index contributed by atoms with van der Waals surface area (Å²) in [6, 6.07) is 6.53. The van der Waals surface area contributed by atoms with Crippen LogP contribution in [0.2, 0.25) is 0 Å². The van der Waals surface area contributed by atoms with E-state index in [-0.39, 0.29) is 11.8 Å². The second-order valence-corrected chi connectivity index (χ2v) is 7.28. The van der Waals surface area contributed by atoms with Crippen LogP contribution in [-0.2, 0) is 4.74 Å². The molecule has 0 N–H and O–H groups in total. The number of nitrogens with zero attached hydrogens (tertiary/aromatic N) is 2. The van der Waals surface area contributed by atoms with Crippen LogP contribution in [0.3, 0.4) is 0 Å². The van der Waals surface area contributed by atoms with Crippen molar-refractivity contribution in [2.24, 2.45) is 0 Å². The van der Waals surface area contributed by atoms with Gasteiger partial charge in [0.05, 0.1) is 22.7 Å². The van der Waals surface area contributed by atoms with Crippen molar-refractivity contribution in [1.82, 2.24) is 4.98 Å². The fourth-order valence-electron chi connectivity index (χ4n) is 2.88. The van der Waals surface area contributed by atoms with E-state index in [1.54, 1.807) is 24.9 Å². The van der Waals surface area contributed by atoms with Crippen molar-refractivity contribution in [2.75, 3.05) is 13.7 Å². The molecule has 0 amide bonds. The van der Waals surface area contributed by atoms with Gasteiger partial charge in [-0.2, -0.15) is 0 Å². The van der Waals surface area contributed by atoms with Gasteiger partial charge in [0.25, 0.3) is 5.69 Å². The molecule has 0 saturated carbocycles. The molecular formula is C20H22N2O4S. The first kappa shape index (κ1) is 19.4. The normalized spacial score (nSPS) is 18.8. The molecule has 2 heterocycles. The SMILES string of the molecule is COC[C@H](C)Oc1cc(/C2=C/CCC/C=C/S2)nc2ccc([N+](=O)[O-])cc12. The summed E-state index contributed by atoms with van der Waals surface area (Å²) in [5.74, 6) is 0.579. The Bertz CT molecular complexity index is 895. The molecule has 0 unspecified atom stereocenters. The van der Waals surface area contributed by atoms with Crippen LogP contribution in [0.15, 0.2) is 41.8 Å². The standard InChI is InChI=1S/C20H22N2O4S/c1-14(13-25-2)26-19-12-18(20-7-5-3-4-6-10-27-20)21-17-9-8-15(22(23)24)11-16(17)19/h6-12,14H,3-5,13H2,1-2H3/b10-6+,20-7-/t14-/m0/s1. The van der Waals surface area contributed by atoms with Gasteiger partial charge in [-0.25, -0.2) is 4.98 Å². The lowest BCUT2D eigenvalue weighted by atomic mass is 10.1. The van der Waals surface area contributed by atoms with Gasteiger partial charge in [0.1, 0.15) is 11.9 Å². The molecule has 1 aliphatic rings. The minimum Gasteiger partial charge on any atom is -0.488 e. The van der Waals surface area contributed by atoms with Gasteiger partial charge in [-0.05, 0) is 37.7 Å². The van der Waals surface area contributed by atoms with Gasteiger partial charge in [-0.15, -0.1) is 0 Å². The van der Waals surface area contributed by atoms with E-state index in [1.807, 2.05) is 13.0 Å². The Hall–Kier alpha value is -2.38. The van der Waals surface area contributed by atoms with E-state index in [0.717, 1.165) is 29.9 Å². The molecule has 1 atom stereocenters. The molecule has 142 valence electrons. The fourth-order valence-corrected chi connectivity index (χ4v) is 3.70. The number of fused-ring (bicyclic) bond motifs is 1. The zero-order chi connectivity index (χ0) is 19.2. The Morgan fingerprint density at radius 1 is 1.33 bits per heavy atom. The van der Waals surface area contributed by atoms with Crippen molar-refractivity contribution in [1.29, 1.82) is 0 Å². The maximum absolute atomic E-state index is 11.2. The average molecular weight is 386 g/mol. The third-order valence-corrected chi connectivity index (χ3v) is 5.10. The number of non-ortho nitro benzene ring substituents is 1. The van der Waals surface area contributed by atoms with Gasteiger partial charge in [0.2, 0.25) is 0 Å². The summed E-state index contributed by atoms with van der Waals surface area (Å²) in [6.45, 7) is 2.33. The van der Waals surface area contributed by atoms with Gasteiger partial charge < -0.3 is 9.47 Å². The lowest BCUT2D eigenvalue weighted by Crippen LogP contribution is -2.18. The van der Waals surface area contributed by atoms with E-state index in [0.29, 0.717) is 23.3 Å². The Kier molecular flexibility index (Phi) is 6.47. The Balaban J connectivity index is 2.08. The van der Waals surface area contributed by atoms with Crippen LogP contribution in [0, 0.1) is 10.1 Å². The molecule has 0 saturated heterocycles. The van der Waals surface area contributed by atoms with Crippen LogP contribution in [0.25, 0.3) is 15.8 Å². The Morgan fingerprint density at radius 3 is 2.96 bits per heavy atom. The molecule has 0 spiro atoms. The Labute approximate surface area is 162 Å². The zero-order valence-electron chi connectivity index (χ0n) is 15.4. The third-order valence-electron chi connectivity index (χ3n) is 4.14. The fraction of sp³-hybridized carbons (Fsp3) is 0.350. The molecule has 2 aromatic rings. The van der Waals surface area contributed by atoms with Crippen LogP contribution >= 0.6 is 11.8 Å². The first-order chi connectivity index (χ1) is 13.1. The third kappa shape index (κ3) is 4.87. The number of methoxy groups -OCH3 is 1. The molecule has 0 aliphatic carbocycles. The van der Waals surface area contributed by atoms with Crippen molar-refractivity contribution >= 4 is 33.3 Å². The number of pyridine rings is 1. The number of thioether (sulfide) groups is 1. The monoisotopic (exact) mass is 386 g/mol. The van der Waals surface area contributed by atoms with Gasteiger partial charge >= 0.3 is 0 Å². The van der Waals surface area contributed by atoms with Crippen molar-refractivity contribution in [3.05, 3.63) is 57.6 Å². The van der Waals surface area contributed by atoms with Gasteiger partial charge in [-0.1, -0.05) is 23.9 Å². The summed E-state index contributed by atoms with van der Waals surface area (Å²) < 4.78 is 11.2. The summed E-state index contributed by atoms with van der Waals surface area (Å²) in [5, 5.41) is 13.9. The van der Waals surface area contributed by atoms with E-state index >= 15 is 0 Å². The molecule has 1 aromatic carbocycles. The first-order valence-electron chi connectivity index (χ1n) is 8.85. The predicted octanol–water partition coefficient (Wildman–Crippen LogP) is 5.33. The number of aromatic nitrogens is 1. The number of allylic oxidation sites excluding steroid dienone is 2. The molecule has 27 heavy (non-hydrogen) atoms. The highest BCUT2D eigenvalue weighted by atomic mass is 32.2. The molecule has 3 rings (SSSR count). The molecule has 0 bridgehead atoms. The van der Waals surface area contributed by atoms with E-state index in [4.69, 9.17) is 14.5 Å².